The third kappa shape index (κ3) is 4.02. The molecule has 4 rings (SSSR count). The summed E-state index contributed by atoms with van der Waals surface area (Å²) in [4.78, 5) is 27.3. The molecule has 1 amide bonds. The van der Waals surface area contributed by atoms with Crippen LogP contribution in [-0.4, -0.2) is 28.8 Å². The molecule has 2 heterocycles. The van der Waals surface area contributed by atoms with Gasteiger partial charge in [-0.15, -0.1) is 0 Å². The maximum Gasteiger partial charge on any atom is 0.296 e. The average Bonchev–Trinajstić information content (AvgIpc) is 3.41. The minimum absolute atomic E-state index is 0.0484. The van der Waals surface area contributed by atoms with E-state index in [0.717, 1.165) is 5.56 Å². The van der Waals surface area contributed by atoms with Gasteiger partial charge in [0, 0.05) is 11.1 Å². The molecule has 1 N–H and O–H groups in total. The van der Waals surface area contributed by atoms with E-state index in [1.165, 1.54) is 29.4 Å². The number of hydrogen-bond donors (Lipinski definition) is 1. The van der Waals surface area contributed by atoms with Gasteiger partial charge < -0.3 is 19.2 Å². The lowest BCUT2D eigenvalue weighted by Gasteiger charge is -2.25. The SMILES string of the molecule is COc1ccc(/C(O)=C2\C(=O)C(=O)N(Cc3ccco3)C2c2ccccc2F)cc1C(C)C. The Morgan fingerprint density at radius 2 is 1.91 bits per heavy atom. The molecule has 7 heteroatoms. The van der Waals surface area contributed by atoms with Gasteiger partial charge in [0.2, 0.25) is 0 Å². The van der Waals surface area contributed by atoms with E-state index < -0.39 is 23.5 Å². The van der Waals surface area contributed by atoms with Gasteiger partial charge in [0.25, 0.3) is 11.7 Å². The van der Waals surface area contributed by atoms with E-state index in [-0.39, 0.29) is 29.4 Å². The maximum atomic E-state index is 14.9. The molecule has 1 aliphatic heterocycles. The smallest absolute Gasteiger partial charge is 0.296 e. The average molecular weight is 449 g/mol. The third-order valence-corrected chi connectivity index (χ3v) is 5.77. The molecule has 0 spiro atoms. The van der Waals surface area contributed by atoms with Crippen LogP contribution in [0.3, 0.4) is 0 Å². The van der Waals surface area contributed by atoms with E-state index in [1.807, 2.05) is 13.8 Å². The number of likely N-dealkylation sites (tertiary alicyclic amines) is 1. The van der Waals surface area contributed by atoms with Crippen molar-refractivity contribution in [2.24, 2.45) is 0 Å². The van der Waals surface area contributed by atoms with Crippen molar-refractivity contribution in [3.63, 3.8) is 0 Å². The van der Waals surface area contributed by atoms with Crippen LogP contribution in [0.1, 0.15) is 48.3 Å². The van der Waals surface area contributed by atoms with Crippen molar-refractivity contribution >= 4 is 17.4 Å². The number of ketones is 1. The van der Waals surface area contributed by atoms with Crippen LogP contribution < -0.4 is 4.74 Å². The predicted octanol–water partition coefficient (Wildman–Crippen LogP) is 5.17. The molecule has 1 saturated heterocycles. The molecule has 2 aromatic carbocycles. The molecule has 3 aromatic rings. The summed E-state index contributed by atoms with van der Waals surface area (Å²) in [5.74, 6) is -1.51. The van der Waals surface area contributed by atoms with Gasteiger partial charge in [-0.2, -0.15) is 0 Å². The summed E-state index contributed by atoms with van der Waals surface area (Å²) >= 11 is 0. The number of benzene rings is 2. The van der Waals surface area contributed by atoms with Crippen LogP contribution in [0.5, 0.6) is 5.75 Å². The van der Waals surface area contributed by atoms with Crippen LogP contribution in [0.4, 0.5) is 4.39 Å². The molecule has 0 saturated carbocycles. The number of ether oxygens (including phenoxy) is 1. The summed E-state index contributed by atoms with van der Waals surface area (Å²) in [6, 6.07) is 13.1. The summed E-state index contributed by atoms with van der Waals surface area (Å²) in [7, 11) is 1.55. The molecule has 1 fully saturated rings. The second kappa shape index (κ2) is 8.94. The van der Waals surface area contributed by atoms with Crippen molar-refractivity contribution in [1.82, 2.24) is 4.90 Å². The summed E-state index contributed by atoms with van der Waals surface area (Å²) in [6.07, 6.45) is 1.45. The van der Waals surface area contributed by atoms with Crippen LogP contribution in [0.25, 0.3) is 5.76 Å². The van der Waals surface area contributed by atoms with Gasteiger partial charge in [0.15, 0.2) is 0 Å². The molecule has 1 aliphatic rings. The van der Waals surface area contributed by atoms with Gasteiger partial charge in [0.05, 0.1) is 31.5 Å². The fourth-order valence-electron chi connectivity index (χ4n) is 4.12. The molecule has 1 atom stereocenters. The van der Waals surface area contributed by atoms with E-state index in [1.54, 1.807) is 43.5 Å². The number of furan rings is 1. The van der Waals surface area contributed by atoms with Gasteiger partial charge in [-0.3, -0.25) is 9.59 Å². The van der Waals surface area contributed by atoms with E-state index >= 15 is 0 Å². The first-order valence-electron chi connectivity index (χ1n) is 10.6. The minimum Gasteiger partial charge on any atom is -0.507 e. The lowest BCUT2D eigenvalue weighted by molar-refractivity contribution is -0.140. The Labute approximate surface area is 190 Å². The molecular formula is C26H24FNO5. The Hall–Kier alpha value is -3.87. The number of carbonyl (C=O) groups is 2. The van der Waals surface area contributed by atoms with Crippen molar-refractivity contribution in [2.75, 3.05) is 7.11 Å². The van der Waals surface area contributed by atoms with E-state index in [0.29, 0.717) is 17.1 Å². The highest BCUT2D eigenvalue weighted by atomic mass is 19.1. The van der Waals surface area contributed by atoms with Crippen molar-refractivity contribution in [2.45, 2.75) is 32.4 Å². The zero-order chi connectivity index (χ0) is 23.7. The molecule has 0 radical (unpaired) electrons. The zero-order valence-electron chi connectivity index (χ0n) is 18.5. The minimum atomic E-state index is -1.11. The topological polar surface area (TPSA) is 80.0 Å². The highest BCUT2D eigenvalue weighted by Crippen LogP contribution is 2.42. The first-order valence-corrected chi connectivity index (χ1v) is 10.6. The number of halogens is 1. The number of carbonyl (C=O) groups excluding carboxylic acids is 2. The predicted molar refractivity (Wildman–Crippen MR) is 120 cm³/mol. The van der Waals surface area contributed by atoms with E-state index in [4.69, 9.17) is 9.15 Å². The number of aliphatic hydroxyl groups is 1. The molecule has 1 unspecified atom stereocenters. The second-order valence-electron chi connectivity index (χ2n) is 8.14. The third-order valence-electron chi connectivity index (χ3n) is 5.77. The monoisotopic (exact) mass is 449 g/mol. The maximum absolute atomic E-state index is 14.9. The van der Waals surface area contributed by atoms with Crippen molar-refractivity contribution < 1.29 is 28.2 Å². The van der Waals surface area contributed by atoms with Crippen molar-refractivity contribution in [3.8, 4) is 5.75 Å². The van der Waals surface area contributed by atoms with Crippen LogP contribution >= 0.6 is 0 Å². The van der Waals surface area contributed by atoms with Crippen LogP contribution in [0, 0.1) is 5.82 Å². The largest absolute Gasteiger partial charge is 0.507 e. The molecule has 1 aromatic heterocycles. The summed E-state index contributed by atoms with van der Waals surface area (Å²) in [5, 5.41) is 11.2. The van der Waals surface area contributed by atoms with Gasteiger partial charge in [-0.1, -0.05) is 32.0 Å². The molecular weight excluding hydrogens is 425 g/mol. The van der Waals surface area contributed by atoms with E-state index in [2.05, 4.69) is 0 Å². The van der Waals surface area contributed by atoms with Gasteiger partial charge in [-0.25, -0.2) is 4.39 Å². The molecule has 6 nitrogen and oxygen atoms in total. The lowest BCUT2D eigenvalue weighted by atomic mass is 9.93. The Morgan fingerprint density at radius 3 is 2.55 bits per heavy atom. The van der Waals surface area contributed by atoms with E-state index in [9.17, 15) is 19.1 Å². The number of amides is 1. The Morgan fingerprint density at radius 1 is 1.15 bits per heavy atom. The fourth-order valence-corrected chi connectivity index (χ4v) is 4.12. The first-order chi connectivity index (χ1) is 15.8. The first kappa shape index (κ1) is 22.3. The van der Waals surface area contributed by atoms with Crippen LogP contribution in [0.2, 0.25) is 0 Å². The van der Waals surface area contributed by atoms with Crippen LogP contribution in [-0.2, 0) is 16.1 Å². The number of rotatable bonds is 6. The number of hydrogen-bond acceptors (Lipinski definition) is 5. The number of Topliss-reactive ketones (excluding diaryl/α,β-unsaturated/α-hetero) is 1. The Bertz CT molecular complexity index is 1230. The zero-order valence-corrected chi connectivity index (χ0v) is 18.5. The van der Waals surface area contributed by atoms with Gasteiger partial charge >= 0.3 is 0 Å². The van der Waals surface area contributed by atoms with Gasteiger partial charge in [0.1, 0.15) is 23.1 Å². The quantitative estimate of drug-likeness (QED) is 0.319. The summed E-state index contributed by atoms with van der Waals surface area (Å²) in [5.41, 5.74) is 1.12. The van der Waals surface area contributed by atoms with Crippen molar-refractivity contribution in [1.29, 1.82) is 0 Å². The number of methoxy groups -OCH3 is 1. The standard InChI is InChI=1S/C26H24FNO5/c1-15(2)19-13-16(10-11-21(19)32-3)24(29)22-23(18-8-4-5-9-20(18)27)28(26(31)25(22)30)14-17-7-6-12-33-17/h4-13,15,23,29H,14H2,1-3H3/b24-22+. The lowest BCUT2D eigenvalue weighted by Crippen LogP contribution is -2.29. The summed E-state index contributed by atoms with van der Waals surface area (Å²) in [6.45, 7) is 3.90. The fraction of sp³-hybridized carbons (Fsp3) is 0.231. The highest BCUT2D eigenvalue weighted by Gasteiger charge is 2.47. The Balaban J connectivity index is 1.90. The molecule has 170 valence electrons. The number of aliphatic hydroxyl groups excluding tert-OH is 1. The highest BCUT2D eigenvalue weighted by molar-refractivity contribution is 6.46. The van der Waals surface area contributed by atoms with Gasteiger partial charge in [-0.05, 0) is 47.9 Å². The summed E-state index contributed by atoms with van der Waals surface area (Å²) < 4.78 is 25.6. The molecule has 0 bridgehead atoms. The normalized spacial score (nSPS) is 17.7. The van der Waals surface area contributed by atoms with Crippen LogP contribution in [0.15, 0.2) is 70.9 Å². The number of nitrogens with zero attached hydrogens (tertiary/aromatic N) is 1. The molecule has 0 aliphatic carbocycles. The Kier molecular flexibility index (Phi) is 6.05. The second-order valence-corrected chi connectivity index (χ2v) is 8.14. The molecule has 33 heavy (non-hydrogen) atoms. The van der Waals surface area contributed by atoms with Crippen molar-refractivity contribution in [3.05, 3.63) is 94.7 Å².